The Balaban J connectivity index is 2.16. The predicted molar refractivity (Wildman–Crippen MR) is 77.2 cm³/mol. The number of hydrogen-bond acceptors (Lipinski definition) is 3. The molecular weight excluding hydrogens is 256 g/mol. The molecule has 1 aliphatic heterocycles. The van der Waals surface area contributed by atoms with E-state index in [9.17, 15) is 9.59 Å². The van der Waals surface area contributed by atoms with E-state index in [-0.39, 0.29) is 11.9 Å². The van der Waals surface area contributed by atoms with Gasteiger partial charge in [0.05, 0.1) is 12.1 Å². The Morgan fingerprint density at radius 2 is 2.15 bits per heavy atom. The van der Waals surface area contributed by atoms with Crippen molar-refractivity contribution in [1.29, 1.82) is 0 Å². The Bertz CT molecular complexity index is 526. The quantitative estimate of drug-likeness (QED) is 0.877. The summed E-state index contributed by atoms with van der Waals surface area (Å²) in [5.74, 6) is -0.919. The highest BCUT2D eigenvalue weighted by Gasteiger charge is 2.20. The number of rotatable bonds is 4. The largest absolute Gasteiger partial charge is 0.478 e. The third-order valence-corrected chi connectivity index (χ3v) is 3.33. The number of nitrogens with one attached hydrogen (secondary N) is 1. The molecule has 1 amide bonds. The number of aryl methyl sites for hydroxylation is 1. The summed E-state index contributed by atoms with van der Waals surface area (Å²) in [6.07, 6.45) is 1.80. The third kappa shape index (κ3) is 3.29. The van der Waals surface area contributed by atoms with Gasteiger partial charge in [0.25, 0.3) is 0 Å². The smallest absolute Gasteiger partial charge is 0.335 e. The number of anilines is 1. The van der Waals surface area contributed by atoms with Gasteiger partial charge in [-0.3, -0.25) is 4.79 Å². The molecule has 2 N–H and O–H groups in total. The number of amides is 1. The molecule has 0 saturated heterocycles. The summed E-state index contributed by atoms with van der Waals surface area (Å²) >= 11 is 0. The van der Waals surface area contributed by atoms with E-state index in [1.807, 2.05) is 18.7 Å². The summed E-state index contributed by atoms with van der Waals surface area (Å²) in [5, 5.41) is 11.9. The molecule has 1 aromatic carbocycles. The Kier molecular flexibility index (Phi) is 4.27. The van der Waals surface area contributed by atoms with Gasteiger partial charge in [-0.1, -0.05) is 0 Å². The van der Waals surface area contributed by atoms with Gasteiger partial charge in [0, 0.05) is 18.3 Å². The van der Waals surface area contributed by atoms with Crippen LogP contribution in [0.25, 0.3) is 0 Å². The van der Waals surface area contributed by atoms with Crippen LogP contribution in [0.2, 0.25) is 0 Å². The fraction of sp³-hybridized carbons (Fsp3) is 0.467. The van der Waals surface area contributed by atoms with Crippen molar-refractivity contribution in [2.75, 3.05) is 18.0 Å². The van der Waals surface area contributed by atoms with Crippen LogP contribution in [0, 0.1) is 0 Å². The molecule has 0 bridgehead atoms. The molecule has 0 spiro atoms. The van der Waals surface area contributed by atoms with Crippen molar-refractivity contribution >= 4 is 17.6 Å². The van der Waals surface area contributed by atoms with E-state index >= 15 is 0 Å². The fourth-order valence-corrected chi connectivity index (χ4v) is 2.51. The minimum absolute atomic E-state index is 0.00448. The highest BCUT2D eigenvalue weighted by molar-refractivity contribution is 5.89. The van der Waals surface area contributed by atoms with E-state index in [2.05, 4.69) is 5.32 Å². The zero-order valence-corrected chi connectivity index (χ0v) is 11.8. The highest BCUT2D eigenvalue weighted by atomic mass is 16.4. The summed E-state index contributed by atoms with van der Waals surface area (Å²) in [6, 6.07) is 5.24. The fourth-order valence-electron chi connectivity index (χ4n) is 2.51. The molecule has 0 atom stereocenters. The van der Waals surface area contributed by atoms with E-state index in [0.29, 0.717) is 12.1 Å². The van der Waals surface area contributed by atoms with Crippen LogP contribution >= 0.6 is 0 Å². The number of nitrogens with zero attached hydrogens (tertiary/aromatic N) is 1. The van der Waals surface area contributed by atoms with Crippen molar-refractivity contribution in [1.82, 2.24) is 5.32 Å². The molecule has 1 heterocycles. The van der Waals surface area contributed by atoms with Crippen molar-refractivity contribution in [3.05, 3.63) is 29.3 Å². The summed E-state index contributed by atoms with van der Waals surface area (Å²) in [6.45, 7) is 5.00. The molecule has 5 nitrogen and oxygen atoms in total. The second kappa shape index (κ2) is 5.94. The number of carboxylic acid groups (broad SMARTS) is 1. The number of hydrogen-bond donors (Lipinski definition) is 2. The first-order chi connectivity index (χ1) is 9.47. The third-order valence-electron chi connectivity index (χ3n) is 3.33. The molecule has 1 aliphatic rings. The topological polar surface area (TPSA) is 69.6 Å². The van der Waals surface area contributed by atoms with Crippen molar-refractivity contribution in [3.63, 3.8) is 0 Å². The minimum Gasteiger partial charge on any atom is -0.478 e. The molecule has 108 valence electrons. The van der Waals surface area contributed by atoms with Crippen molar-refractivity contribution in [3.8, 4) is 0 Å². The average molecular weight is 276 g/mol. The van der Waals surface area contributed by atoms with Crippen LogP contribution in [0.1, 0.15) is 36.2 Å². The first kappa shape index (κ1) is 14.4. The maximum Gasteiger partial charge on any atom is 0.335 e. The van der Waals surface area contributed by atoms with E-state index in [1.54, 1.807) is 18.2 Å². The number of aromatic carboxylic acids is 1. The van der Waals surface area contributed by atoms with Gasteiger partial charge in [-0.25, -0.2) is 4.79 Å². The van der Waals surface area contributed by atoms with E-state index < -0.39 is 5.97 Å². The summed E-state index contributed by atoms with van der Waals surface area (Å²) in [7, 11) is 0. The standard InChI is InChI=1S/C15H20N2O3/c1-10(2)16-14(18)9-17-7-3-4-11-8-12(15(19)20)5-6-13(11)17/h5-6,8,10H,3-4,7,9H2,1-2H3,(H,16,18)(H,19,20). The number of carbonyl (C=O) groups excluding carboxylic acids is 1. The van der Waals surface area contributed by atoms with Gasteiger partial charge in [-0.15, -0.1) is 0 Å². The Morgan fingerprint density at radius 1 is 1.40 bits per heavy atom. The molecule has 0 saturated carbocycles. The molecule has 0 aliphatic carbocycles. The second-order valence-electron chi connectivity index (χ2n) is 5.40. The van der Waals surface area contributed by atoms with Crippen molar-refractivity contribution in [2.45, 2.75) is 32.7 Å². The molecule has 2 rings (SSSR count). The second-order valence-corrected chi connectivity index (χ2v) is 5.40. The van der Waals surface area contributed by atoms with Crippen molar-refractivity contribution < 1.29 is 14.7 Å². The van der Waals surface area contributed by atoms with Crippen LogP contribution in [0.3, 0.4) is 0 Å². The normalized spacial score (nSPS) is 14.1. The summed E-state index contributed by atoms with van der Waals surface area (Å²) < 4.78 is 0. The van der Waals surface area contributed by atoms with E-state index in [1.165, 1.54) is 0 Å². The van der Waals surface area contributed by atoms with Gasteiger partial charge in [0.2, 0.25) is 5.91 Å². The van der Waals surface area contributed by atoms with Gasteiger partial charge in [0.1, 0.15) is 0 Å². The predicted octanol–water partition coefficient (Wildman–Crippen LogP) is 1.66. The molecule has 0 aromatic heterocycles. The maximum absolute atomic E-state index is 11.9. The summed E-state index contributed by atoms with van der Waals surface area (Å²) in [5.41, 5.74) is 2.28. The lowest BCUT2D eigenvalue weighted by Crippen LogP contribution is -2.42. The van der Waals surface area contributed by atoms with Gasteiger partial charge in [0.15, 0.2) is 0 Å². The molecule has 1 aromatic rings. The van der Waals surface area contributed by atoms with E-state index in [4.69, 9.17) is 5.11 Å². The van der Waals surface area contributed by atoms with Gasteiger partial charge < -0.3 is 15.3 Å². The lowest BCUT2D eigenvalue weighted by atomic mass is 9.99. The first-order valence-electron chi connectivity index (χ1n) is 6.88. The number of benzene rings is 1. The Labute approximate surface area is 118 Å². The number of carbonyl (C=O) groups is 2. The van der Waals surface area contributed by atoms with Gasteiger partial charge in [-0.05, 0) is 50.5 Å². The highest BCUT2D eigenvalue weighted by Crippen LogP contribution is 2.27. The molecule has 0 fully saturated rings. The Hall–Kier alpha value is -2.04. The average Bonchev–Trinajstić information content (AvgIpc) is 2.37. The van der Waals surface area contributed by atoms with Crippen molar-refractivity contribution in [2.24, 2.45) is 0 Å². The molecule has 5 heteroatoms. The molecular formula is C15H20N2O3. The number of fused-ring (bicyclic) bond motifs is 1. The van der Waals surface area contributed by atoms with Crippen LogP contribution in [0.4, 0.5) is 5.69 Å². The van der Waals surface area contributed by atoms with Crippen LogP contribution in [-0.4, -0.2) is 36.1 Å². The monoisotopic (exact) mass is 276 g/mol. The Morgan fingerprint density at radius 3 is 2.80 bits per heavy atom. The van der Waals surface area contributed by atoms with Gasteiger partial charge in [-0.2, -0.15) is 0 Å². The zero-order chi connectivity index (χ0) is 14.7. The molecule has 0 unspecified atom stereocenters. The van der Waals surface area contributed by atoms with E-state index in [0.717, 1.165) is 30.6 Å². The van der Waals surface area contributed by atoms with Crippen LogP contribution in [-0.2, 0) is 11.2 Å². The molecule has 0 radical (unpaired) electrons. The SMILES string of the molecule is CC(C)NC(=O)CN1CCCc2cc(C(=O)O)ccc21. The number of carboxylic acids is 1. The van der Waals surface area contributed by atoms with Crippen LogP contribution in [0.15, 0.2) is 18.2 Å². The lowest BCUT2D eigenvalue weighted by Gasteiger charge is -2.31. The minimum atomic E-state index is -0.914. The maximum atomic E-state index is 11.9. The van der Waals surface area contributed by atoms with Crippen LogP contribution in [0.5, 0.6) is 0 Å². The first-order valence-corrected chi connectivity index (χ1v) is 6.88. The van der Waals surface area contributed by atoms with Gasteiger partial charge >= 0.3 is 5.97 Å². The van der Waals surface area contributed by atoms with Crippen LogP contribution < -0.4 is 10.2 Å². The lowest BCUT2D eigenvalue weighted by molar-refractivity contribution is -0.120. The molecule has 20 heavy (non-hydrogen) atoms. The summed E-state index contributed by atoms with van der Waals surface area (Å²) in [4.78, 5) is 24.9. The zero-order valence-electron chi connectivity index (χ0n) is 11.8.